The van der Waals surface area contributed by atoms with Crippen LogP contribution in [-0.2, 0) is 19.9 Å². The fourth-order valence-corrected chi connectivity index (χ4v) is 3.22. The van der Waals surface area contributed by atoms with Gasteiger partial charge in [0.2, 0.25) is 0 Å². The van der Waals surface area contributed by atoms with Crippen molar-refractivity contribution in [3.05, 3.63) is 35.9 Å². The SMILES string of the molecule is CCCC[C@H](CC)[C@@](C)(O)COC(=O)[C@](OC)(c1ccccc1)C(F)(F)F. The predicted molar refractivity (Wildman–Crippen MR) is 96.1 cm³/mol. The molecule has 0 saturated heterocycles. The molecular formula is C20H29F3O4. The molecule has 1 rings (SSSR count). The van der Waals surface area contributed by atoms with Crippen LogP contribution in [0.1, 0.15) is 52.0 Å². The van der Waals surface area contributed by atoms with Gasteiger partial charge < -0.3 is 14.6 Å². The van der Waals surface area contributed by atoms with Gasteiger partial charge in [-0.1, -0.05) is 63.4 Å². The predicted octanol–water partition coefficient (Wildman–Crippen LogP) is 4.60. The van der Waals surface area contributed by atoms with E-state index in [0.29, 0.717) is 12.8 Å². The quantitative estimate of drug-likeness (QED) is 0.593. The highest BCUT2D eigenvalue weighted by molar-refractivity contribution is 5.82. The molecule has 0 spiro atoms. The summed E-state index contributed by atoms with van der Waals surface area (Å²) in [5, 5.41) is 10.7. The van der Waals surface area contributed by atoms with E-state index in [0.717, 1.165) is 32.1 Å². The molecule has 0 heterocycles. The number of alkyl halides is 3. The summed E-state index contributed by atoms with van der Waals surface area (Å²) in [5.74, 6) is -1.78. The second-order valence-corrected chi connectivity index (χ2v) is 6.93. The van der Waals surface area contributed by atoms with Gasteiger partial charge in [-0.05, 0) is 19.3 Å². The molecule has 4 nitrogen and oxygen atoms in total. The third-order valence-corrected chi connectivity index (χ3v) is 4.95. The van der Waals surface area contributed by atoms with E-state index in [2.05, 4.69) is 4.74 Å². The van der Waals surface area contributed by atoms with Gasteiger partial charge >= 0.3 is 12.1 Å². The Bertz CT molecular complexity index is 587. The molecule has 27 heavy (non-hydrogen) atoms. The molecule has 3 atom stereocenters. The molecule has 154 valence electrons. The molecule has 0 bridgehead atoms. The number of carbonyl (C=O) groups is 1. The fourth-order valence-electron chi connectivity index (χ4n) is 3.22. The maximum absolute atomic E-state index is 13.8. The molecule has 0 saturated carbocycles. The Labute approximate surface area is 158 Å². The normalized spacial score (nSPS) is 17.6. The molecule has 1 aromatic rings. The monoisotopic (exact) mass is 390 g/mol. The lowest BCUT2D eigenvalue weighted by molar-refractivity contribution is -0.278. The molecule has 0 radical (unpaired) electrons. The minimum atomic E-state index is -5.03. The van der Waals surface area contributed by atoms with Crippen molar-refractivity contribution in [2.24, 2.45) is 5.92 Å². The molecule has 7 heteroatoms. The average Bonchev–Trinajstić information content (AvgIpc) is 2.61. The van der Waals surface area contributed by atoms with E-state index >= 15 is 0 Å². The van der Waals surface area contributed by atoms with E-state index in [9.17, 15) is 23.1 Å². The second kappa shape index (κ2) is 9.55. The van der Waals surface area contributed by atoms with Gasteiger partial charge in [-0.15, -0.1) is 0 Å². The molecule has 0 aliphatic carbocycles. The van der Waals surface area contributed by atoms with Crippen LogP contribution in [0.25, 0.3) is 0 Å². The number of methoxy groups -OCH3 is 1. The lowest BCUT2D eigenvalue weighted by atomic mass is 9.83. The minimum Gasteiger partial charge on any atom is -0.460 e. The Hall–Kier alpha value is -1.60. The minimum absolute atomic E-state index is 0.190. The lowest BCUT2D eigenvalue weighted by Gasteiger charge is -2.35. The van der Waals surface area contributed by atoms with Crippen LogP contribution in [0.3, 0.4) is 0 Å². The Morgan fingerprint density at radius 1 is 1.19 bits per heavy atom. The van der Waals surface area contributed by atoms with Gasteiger partial charge in [0.1, 0.15) is 6.61 Å². The van der Waals surface area contributed by atoms with Crippen LogP contribution in [0.15, 0.2) is 30.3 Å². The molecule has 1 aromatic carbocycles. The van der Waals surface area contributed by atoms with Gasteiger partial charge in [0.15, 0.2) is 0 Å². The van der Waals surface area contributed by atoms with E-state index in [1.807, 2.05) is 13.8 Å². The van der Waals surface area contributed by atoms with Crippen LogP contribution < -0.4 is 0 Å². The van der Waals surface area contributed by atoms with Crippen molar-refractivity contribution in [3.8, 4) is 0 Å². The standard InChI is InChI=1S/C20H29F3O4/c1-5-7-11-15(6-2)18(3,25)14-27-17(24)19(26-4,20(21,22)23)16-12-9-8-10-13-16/h8-10,12-13,15,25H,5-7,11,14H2,1-4H3/t15-,18-,19+/m0/s1. The van der Waals surface area contributed by atoms with Crippen molar-refractivity contribution < 1.29 is 32.5 Å². The highest BCUT2D eigenvalue weighted by Gasteiger charge is 2.64. The second-order valence-electron chi connectivity index (χ2n) is 6.93. The number of carbonyl (C=O) groups excluding carboxylic acids is 1. The van der Waals surface area contributed by atoms with E-state index < -0.39 is 30.0 Å². The zero-order chi connectivity index (χ0) is 20.7. The van der Waals surface area contributed by atoms with Gasteiger partial charge in [-0.2, -0.15) is 13.2 Å². The molecule has 1 N–H and O–H groups in total. The highest BCUT2D eigenvalue weighted by atomic mass is 19.4. The van der Waals surface area contributed by atoms with Crippen LogP contribution >= 0.6 is 0 Å². The van der Waals surface area contributed by atoms with Crippen molar-refractivity contribution in [2.75, 3.05) is 13.7 Å². The average molecular weight is 390 g/mol. The van der Waals surface area contributed by atoms with E-state index in [-0.39, 0.29) is 11.5 Å². The van der Waals surface area contributed by atoms with Gasteiger partial charge in [0.05, 0.1) is 5.60 Å². The summed E-state index contributed by atoms with van der Waals surface area (Å²) >= 11 is 0. The highest BCUT2D eigenvalue weighted by Crippen LogP contribution is 2.43. The summed E-state index contributed by atoms with van der Waals surface area (Å²) in [6, 6.07) is 6.63. The fraction of sp³-hybridized carbons (Fsp3) is 0.650. The molecule has 0 aliphatic heterocycles. The first-order valence-corrected chi connectivity index (χ1v) is 9.13. The maximum Gasteiger partial charge on any atom is 0.432 e. The number of unbranched alkanes of at least 4 members (excludes halogenated alkanes) is 1. The molecule has 0 fully saturated rings. The maximum atomic E-state index is 13.8. The van der Waals surface area contributed by atoms with Crippen LogP contribution in [0.4, 0.5) is 13.2 Å². The van der Waals surface area contributed by atoms with E-state index in [1.54, 1.807) is 0 Å². The molecular weight excluding hydrogens is 361 g/mol. The first kappa shape index (κ1) is 23.4. The van der Waals surface area contributed by atoms with Crippen LogP contribution in [0, 0.1) is 5.92 Å². The number of hydrogen-bond donors (Lipinski definition) is 1. The van der Waals surface area contributed by atoms with Crippen LogP contribution in [0.2, 0.25) is 0 Å². The number of esters is 1. The zero-order valence-electron chi connectivity index (χ0n) is 16.3. The number of ether oxygens (including phenoxy) is 2. The largest absolute Gasteiger partial charge is 0.460 e. The molecule has 0 unspecified atom stereocenters. The van der Waals surface area contributed by atoms with Crippen LogP contribution in [0.5, 0.6) is 0 Å². The number of hydrogen-bond acceptors (Lipinski definition) is 4. The van der Waals surface area contributed by atoms with Crippen molar-refractivity contribution in [3.63, 3.8) is 0 Å². The van der Waals surface area contributed by atoms with E-state index in [4.69, 9.17) is 4.74 Å². The third kappa shape index (κ3) is 5.23. The van der Waals surface area contributed by atoms with Crippen molar-refractivity contribution in [1.29, 1.82) is 0 Å². The van der Waals surface area contributed by atoms with Crippen molar-refractivity contribution in [2.45, 2.75) is 63.8 Å². The Kier molecular flexibility index (Phi) is 8.29. The van der Waals surface area contributed by atoms with E-state index in [1.165, 1.54) is 25.1 Å². The number of rotatable bonds is 10. The van der Waals surface area contributed by atoms with Gasteiger partial charge in [0.25, 0.3) is 5.60 Å². The first-order valence-electron chi connectivity index (χ1n) is 9.13. The summed E-state index contributed by atoms with van der Waals surface area (Å²) in [5.41, 5.74) is -5.04. The number of benzene rings is 1. The van der Waals surface area contributed by atoms with Crippen LogP contribution in [-0.4, -0.2) is 36.6 Å². The zero-order valence-corrected chi connectivity index (χ0v) is 16.3. The Morgan fingerprint density at radius 3 is 2.22 bits per heavy atom. The Morgan fingerprint density at radius 2 is 1.78 bits per heavy atom. The summed E-state index contributed by atoms with van der Waals surface area (Å²) < 4.78 is 51.2. The van der Waals surface area contributed by atoms with Gasteiger partial charge in [-0.3, -0.25) is 0 Å². The molecule has 0 aromatic heterocycles. The smallest absolute Gasteiger partial charge is 0.432 e. The van der Waals surface area contributed by atoms with Gasteiger partial charge in [0, 0.05) is 12.7 Å². The number of halogens is 3. The summed E-state index contributed by atoms with van der Waals surface area (Å²) in [4.78, 5) is 12.5. The number of aliphatic hydroxyl groups is 1. The Balaban J connectivity index is 3.08. The molecule has 0 amide bonds. The van der Waals surface area contributed by atoms with Crippen molar-refractivity contribution in [1.82, 2.24) is 0 Å². The summed E-state index contributed by atoms with van der Waals surface area (Å²) in [7, 11) is 0.815. The summed E-state index contributed by atoms with van der Waals surface area (Å²) in [6.45, 7) is 4.84. The topological polar surface area (TPSA) is 55.8 Å². The molecule has 0 aliphatic rings. The third-order valence-electron chi connectivity index (χ3n) is 4.95. The van der Waals surface area contributed by atoms with Gasteiger partial charge in [-0.25, -0.2) is 4.79 Å². The summed E-state index contributed by atoms with van der Waals surface area (Å²) in [6.07, 6.45) is -1.90. The lowest BCUT2D eigenvalue weighted by Crippen LogP contribution is -2.53. The first-order chi connectivity index (χ1) is 12.6. The van der Waals surface area contributed by atoms with Crippen molar-refractivity contribution >= 4 is 5.97 Å².